The predicted octanol–water partition coefficient (Wildman–Crippen LogP) is 10.4. The molecule has 3 nitrogen and oxygen atoms in total. The Morgan fingerprint density at radius 1 is 0.537 bits per heavy atom. The van der Waals surface area contributed by atoms with E-state index >= 15 is 4.39 Å². The first-order valence-electron chi connectivity index (χ1n) is 13.6. The number of H-pyrrole nitrogens is 1. The molecule has 0 amide bonds. The number of halogens is 2. The molecule has 9 rings (SSSR count). The molecule has 194 valence electrons. The highest BCUT2D eigenvalue weighted by atomic mass is 79.9. The van der Waals surface area contributed by atoms with Gasteiger partial charge in [0, 0.05) is 48.0 Å². The van der Waals surface area contributed by atoms with Crippen molar-refractivity contribution >= 4 is 81.3 Å². The Balaban J connectivity index is 1.58. The molecule has 0 aliphatic heterocycles. The van der Waals surface area contributed by atoms with Gasteiger partial charge < -0.3 is 14.1 Å². The van der Waals surface area contributed by atoms with Crippen molar-refractivity contribution in [2.75, 3.05) is 0 Å². The van der Waals surface area contributed by atoms with Gasteiger partial charge in [-0.15, -0.1) is 0 Å². The highest BCUT2D eigenvalue weighted by Gasteiger charge is 2.24. The number of hydrogen-bond donors (Lipinski definition) is 1. The molecule has 0 aliphatic rings. The van der Waals surface area contributed by atoms with Gasteiger partial charge in [-0.2, -0.15) is 0 Å². The Kier molecular flexibility index (Phi) is 4.65. The lowest BCUT2D eigenvalue weighted by atomic mass is 10.1. The third-order valence-corrected chi connectivity index (χ3v) is 9.02. The quantitative estimate of drug-likeness (QED) is 0.206. The number of para-hydroxylation sites is 4. The molecule has 5 heteroatoms. The van der Waals surface area contributed by atoms with Gasteiger partial charge in [0.05, 0.1) is 33.3 Å². The van der Waals surface area contributed by atoms with Crippen LogP contribution < -0.4 is 0 Å². The average molecular weight is 594 g/mol. The van der Waals surface area contributed by atoms with Crippen LogP contribution in [0.3, 0.4) is 0 Å². The fourth-order valence-electron chi connectivity index (χ4n) is 6.75. The van der Waals surface area contributed by atoms with Crippen molar-refractivity contribution in [3.05, 3.63) is 132 Å². The first-order valence-corrected chi connectivity index (χ1v) is 14.4. The van der Waals surface area contributed by atoms with Crippen LogP contribution in [-0.2, 0) is 0 Å². The molecule has 0 aliphatic carbocycles. The van der Waals surface area contributed by atoms with E-state index in [-0.39, 0.29) is 5.82 Å². The molecule has 41 heavy (non-hydrogen) atoms. The zero-order valence-corrected chi connectivity index (χ0v) is 23.3. The fraction of sp³-hybridized carbons (Fsp3) is 0. The van der Waals surface area contributed by atoms with Crippen LogP contribution in [0.4, 0.5) is 4.39 Å². The molecule has 0 atom stereocenters. The van der Waals surface area contributed by atoms with Gasteiger partial charge in [0.2, 0.25) is 0 Å². The van der Waals surface area contributed by atoms with Crippen LogP contribution in [0, 0.1) is 5.82 Å². The molecular weight excluding hydrogens is 573 g/mol. The number of fused-ring (bicyclic) bond motifs is 10. The van der Waals surface area contributed by atoms with Crippen LogP contribution in [0.2, 0.25) is 0 Å². The summed E-state index contributed by atoms with van der Waals surface area (Å²) in [7, 11) is 0. The molecule has 3 heterocycles. The van der Waals surface area contributed by atoms with Gasteiger partial charge in [-0.25, -0.2) is 4.39 Å². The molecule has 0 spiro atoms. The molecule has 0 unspecified atom stereocenters. The minimum atomic E-state index is -0.239. The fourth-order valence-corrected chi connectivity index (χ4v) is 7.25. The average Bonchev–Trinajstić information content (AvgIpc) is 3.67. The number of rotatable bonds is 2. The van der Waals surface area contributed by atoms with Gasteiger partial charge >= 0.3 is 0 Å². The number of nitrogens with one attached hydrogen (secondary N) is 1. The van der Waals surface area contributed by atoms with E-state index in [4.69, 9.17) is 0 Å². The van der Waals surface area contributed by atoms with Crippen molar-refractivity contribution in [3.63, 3.8) is 0 Å². The molecule has 0 saturated heterocycles. The summed E-state index contributed by atoms with van der Waals surface area (Å²) in [5, 5.41) is 6.45. The van der Waals surface area contributed by atoms with Crippen molar-refractivity contribution in [2.45, 2.75) is 0 Å². The summed E-state index contributed by atoms with van der Waals surface area (Å²) in [6, 6.07) is 41.0. The molecule has 3 aromatic heterocycles. The van der Waals surface area contributed by atoms with Crippen molar-refractivity contribution < 1.29 is 4.39 Å². The smallest absolute Gasteiger partial charge is 0.147 e. The standard InChI is InChI=1S/C36H21BrFN3/c37-26-18-20-31(41-29-16-7-5-12-23(29)25-13-8-14-27(38)35(25)41)33-32-30(40(36(26)33)21-9-2-1-3-10-21)19-17-24-22-11-4-6-15-28(22)39-34(24)32/h1-20,39H. The lowest BCUT2D eigenvalue weighted by molar-refractivity contribution is 0.635. The summed E-state index contributed by atoms with van der Waals surface area (Å²) >= 11 is 3.92. The second-order valence-corrected chi connectivity index (χ2v) is 11.4. The zero-order chi connectivity index (χ0) is 27.2. The molecule has 1 N–H and O–H groups in total. The second-order valence-electron chi connectivity index (χ2n) is 10.5. The van der Waals surface area contributed by atoms with Crippen LogP contribution in [0.15, 0.2) is 126 Å². The first kappa shape index (κ1) is 22.9. The maximum Gasteiger partial charge on any atom is 0.147 e. The maximum absolute atomic E-state index is 15.8. The predicted molar refractivity (Wildman–Crippen MR) is 172 cm³/mol. The second kappa shape index (κ2) is 8.32. The summed E-state index contributed by atoms with van der Waals surface area (Å²) in [4.78, 5) is 3.74. The van der Waals surface area contributed by atoms with E-state index in [0.717, 1.165) is 65.0 Å². The number of hydrogen-bond acceptors (Lipinski definition) is 0. The number of aromatic nitrogens is 3. The highest BCUT2D eigenvalue weighted by Crippen LogP contribution is 2.45. The summed E-state index contributed by atoms with van der Waals surface area (Å²) in [6.45, 7) is 0. The Bertz CT molecular complexity index is 2500. The van der Waals surface area contributed by atoms with Crippen LogP contribution in [0.5, 0.6) is 0 Å². The summed E-state index contributed by atoms with van der Waals surface area (Å²) in [5.41, 5.74) is 7.85. The van der Waals surface area contributed by atoms with E-state index in [9.17, 15) is 0 Å². The van der Waals surface area contributed by atoms with Gasteiger partial charge in [0.15, 0.2) is 0 Å². The van der Waals surface area contributed by atoms with Crippen molar-refractivity contribution in [3.8, 4) is 11.4 Å². The minimum Gasteiger partial charge on any atom is -0.354 e. The van der Waals surface area contributed by atoms with E-state index < -0.39 is 0 Å². The van der Waals surface area contributed by atoms with Gasteiger partial charge in [0.25, 0.3) is 0 Å². The van der Waals surface area contributed by atoms with Gasteiger partial charge in [-0.1, -0.05) is 72.8 Å². The highest BCUT2D eigenvalue weighted by molar-refractivity contribution is 9.10. The Morgan fingerprint density at radius 3 is 2.17 bits per heavy atom. The SMILES string of the molecule is Fc1cccc2c3ccccc3n(-c3ccc(Br)c4c3c3c5[nH]c6ccccc6c5ccc3n4-c3ccccc3)c12. The molecule has 0 radical (unpaired) electrons. The Labute approximate surface area is 242 Å². The summed E-state index contributed by atoms with van der Waals surface area (Å²) < 4.78 is 21.2. The van der Waals surface area contributed by atoms with E-state index in [0.29, 0.717) is 5.52 Å². The monoisotopic (exact) mass is 593 g/mol. The molecule has 0 bridgehead atoms. The van der Waals surface area contributed by atoms with E-state index in [1.165, 1.54) is 10.8 Å². The van der Waals surface area contributed by atoms with Crippen LogP contribution in [-0.4, -0.2) is 14.1 Å². The summed E-state index contributed by atoms with van der Waals surface area (Å²) in [6.07, 6.45) is 0. The van der Waals surface area contributed by atoms with Gasteiger partial charge in [-0.05, 0) is 64.5 Å². The molecule has 9 aromatic rings. The zero-order valence-electron chi connectivity index (χ0n) is 21.7. The van der Waals surface area contributed by atoms with Crippen LogP contribution in [0.25, 0.3) is 76.8 Å². The lowest BCUT2D eigenvalue weighted by Crippen LogP contribution is -1.98. The van der Waals surface area contributed by atoms with Gasteiger partial charge in [-0.3, -0.25) is 0 Å². The number of benzene rings is 6. The molecule has 0 saturated carbocycles. The summed E-state index contributed by atoms with van der Waals surface area (Å²) in [5.74, 6) is -0.239. The lowest BCUT2D eigenvalue weighted by Gasteiger charge is -2.13. The third kappa shape index (κ3) is 3.01. The van der Waals surface area contributed by atoms with E-state index in [1.54, 1.807) is 12.1 Å². The normalized spacial score (nSPS) is 12.1. The van der Waals surface area contributed by atoms with Crippen molar-refractivity contribution in [1.82, 2.24) is 14.1 Å². The molecule has 0 fully saturated rings. The van der Waals surface area contributed by atoms with Crippen molar-refractivity contribution in [1.29, 1.82) is 0 Å². The molecule has 6 aromatic carbocycles. The maximum atomic E-state index is 15.8. The third-order valence-electron chi connectivity index (χ3n) is 8.38. The minimum absolute atomic E-state index is 0.239. The number of aromatic amines is 1. The molecular formula is C36H21BrFN3. The first-order chi connectivity index (χ1) is 20.2. The Morgan fingerprint density at radius 2 is 1.29 bits per heavy atom. The van der Waals surface area contributed by atoms with Crippen LogP contribution >= 0.6 is 15.9 Å². The van der Waals surface area contributed by atoms with E-state index in [1.807, 2.05) is 24.3 Å². The topological polar surface area (TPSA) is 25.6 Å². The Hall–Kier alpha value is -4.87. The van der Waals surface area contributed by atoms with Crippen molar-refractivity contribution in [2.24, 2.45) is 0 Å². The van der Waals surface area contributed by atoms with Crippen LogP contribution in [0.1, 0.15) is 0 Å². The largest absolute Gasteiger partial charge is 0.354 e. The van der Waals surface area contributed by atoms with E-state index in [2.05, 4.69) is 115 Å². The number of nitrogens with zero attached hydrogens (tertiary/aromatic N) is 2. The van der Waals surface area contributed by atoms with Gasteiger partial charge in [0.1, 0.15) is 5.82 Å².